The number of amides is 1. The summed E-state index contributed by atoms with van der Waals surface area (Å²) >= 11 is 11.8. The van der Waals surface area contributed by atoms with Crippen molar-refractivity contribution in [1.82, 2.24) is 0 Å². The zero-order valence-corrected chi connectivity index (χ0v) is 12.8. The zero-order valence-electron chi connectivity index (χ0n) is 11.2. The first kappa shape index (κ1) is 16.7. The summed E-state index contributed by atoms with van der Waals surface area (Å²) in [6, 6.07) is 7.65. The van der Waals surface area contributed by atoms with E-state index in [1.807, 2.05) is 0 Å². The number of hydrogen-bond acceptors (Lipinski definition) is 4. The van der Waals surface area contributed by atoms with Gasteiger partial charge >= 0.3 is 5.97 Å². The van der Waals surface area contributed by atoms with E-state index in [4.69, 9.17) is 28.3 Å². The molecule has 0 fully saturated rings. The van der Waals surface area contributed by atoms with E-state index in [0.29, 0.717) is 0 Å². The average molecular weight is 355 g/mol. The lowest BCUT2D eigenvalue weighted by Crippen LogP contribution is -2.16. The third-order valence-corrected chi connectivity index (χ3v) is 3.47. The van der Waals surface area contributed by atoms with Crippen LogP contribution in [0.2, 0.25) is 10.0 Å². The van der Waals surface area contributed by atoms with Crippen molar-refractivity contribution in [2.75, 3.05) is 5.32 Å². The number of carbonyl (C=O) groups excluding carboxylic acids is 1. The van der Waals surface area contributed by atoms with Crippen molar-refractivity contribution in [2.45, 2.75) is 0 Å². The highest BCUT2D eigenvalue weighted by atomic mass is 35.5. The summed E-state index contributed by atoms with van der Waals surface area (Å²) in [4.78, 5) is 33.4. The van der Waals surface area contributed by atoms with Crippen molar-refractivity contribution in [2.24, 2.45) is 0 Å². The van der Waals surface area contributed by atoms with Crippen molar-refractivity contribution in [3.8, 4) is 0 Å². The number of rotatable bonds is 4. The van der Waals surface area contributed by atoms with Gasteiger partial charge < -0.3 is 10.4 Å². The molecule has 0 bridgehead atoms. The maximum atomic E-state index is 12.2. The Morgan fingerprint density at radius 2 is 1.61 bits per heavy atom. The van der Waals surface area contributed by atoms with E-state index in [-0.39, 0.29) is 32.5 Å². The molecule has 1 amide bonds. The predicted molar refractivity (Wildman–Crippen MR) is 84.5 cm³/mol. The van der Waals surface area contributed by atoms with Gasteiger partial charge in [-0.25, -0.2) is 4.79 Å². The van der Waals surface area contributed by atoms with Crippen LogP contribution in [0.1, 0.15) is 20.7 Å². The smallest absolute Gasteiger partial charge is 0.336 e. The van der Waals surface area contributed by atoms with Crippen LogP contribution in [0.3, 0.4) is 0 Å². The van der Waals surface area contributed by atoms with Crippen LogP contribution in [-0.2, 0) is 0 Å². The maximum Gasteiger partial charge on any atom is 0.336 e. The van der Waals surface area contributed by atoms with Gasteiger partial charge in [-0.05, 0) is 12.1 Å². The van der Waals surface area contributed by atoms with Crippen molar-refractivity contribution < 1.29 is 19.6 Å². The molecule has 0 aliphatic rings. The van der Waals surface area contributed by atoms with Gasteiger partial charge in [0, 0.05) is 12.1 Å². The lowest BCUT2D eigenvalue weighted by atomic mass is 10.1. The average Bonchev–Trinajstić information content (AvgIpc) is 2.50. The van der Waals surface area contributed by atoms with Crippen LogP contribution in [0.5, 0.6) is 0 Å². The van der Waals surface area contributed by atoms with Crippen molar-refractivity contribution in [3.63, 3.8) is 0 Å². The van der Waals surface area contributed by atoms with Gasteiger partial charge in [-0.15, -0.1) is 0 Å². The van der Waals surface area contributed by atoms with E-state index in [1.165, 1.54) is 24.3 Å². The summed E-state index contributed by atoms with van der Waals surface area (Å²) in [7, 11) is 0. The Morgan fingerprint density at radius 3 is 2.09 bits per heavy atom. The molecule has 2 aromatic carbocycles. The van der Waals surface area contributed by atoms with E-state index >= 15 is 0 Å². The summed E-state index contributed by atoms with van der Waals surface area (Å²) in [6.45, 7) is 0. The van der Waals surface area contributed by atoms with Crippen LogP contribution >= 0.6 is 23.2 Å². The molecule has 7 nitrogen and oxygen atoms in total. The highest BCUT2D eigenvalue weighted by Crippen LogP contribution is 2.35. The van der Waals surface area contributed by atoms with Crippen LogP contribution in [-0.4, -0.2) is 21.9 Å². The van der Waals surface area contributed by atoms with Crippen LogP contribution in [0.4, 0.5) is 11.4 Å². The summed E-state index contributed by atoms with van der Waals surface area (Å²) < 4.78 is 0. The van der Waals surface area contributed by atoms with E-state index < -0.39 is 16.8 Å². The number of benzene rings is 2. The minimum Gasteiger partial charge on any atom is -0.478 e. The number of hydrogen-bond donors (Lipinski definition) is 2. The molecule has 23 heavy (non-hydrogen) atoms. The number of nitro benzene ring substituents is 1. The lowest BCUT2D eigenvalue weighted by Gasteiger charge is -2.10. The third kappa shape index (κ3) is 3.58. The summed E-state index contributed by atoms with van der Waals surface area (Å²) in [6.07, 6.45) is 0. The molecule has 0 saturated heterocycles. The van der Waals surface area contributed by atoms with Crippen LogP contribution in [0.15, 0.2) is 36.4 Å². The van der Waals surface area contributed by atoms with Gasteiger partial charge in [0.1, 0.15) is 0 Å². The fraction of sp³-hybridized carbons (Fsp3) is 0. The molecule has 9 heteroatoms. The Balaban J connectivity index is 2.39. The van der Waals surface area contributed by atoms with E-state index in [1.54, 1.807) is 0 Å². The number of anilines is 1. The van der Waals surface area contributed by atoms with E-state index in [2.05, 4.69) is 5.32 Å². The predicted octanol–water partition coefficient (Wildman–Crippen LogP) is 3.85. The molecule has 0 aromatic heterocycles. The molecule has 0 unspecified atom stereocenters. The van der Waals surface area contributed by atoms with E-state index in [0.717, 1.165) is 12.1 Å². The van der Waals surface area contributed by atoms with Crippen molar-refractivity contribution in [3.05, 3.63) is 67.7 Å². The fourth-order valence-corrected chi connectivity index (χ4v) is 2.40. The molecule has 0 saturated carbocycles. The number of nitrogens with one attached hydrogen (secondary N) is 1. The minimum absolute atomic E-state index is 0.0378. The summed E-state index contributed by atoms with van der Waals surface area (Å²) in [5, 5.41) is 21.9. The molecule has 0 radical (unpaired) electrons. The number of nitro groups is 1. The number of carboxylic acid groups (broad SMARTS) is 1. The molecule has 2 aromatic rings. The first-order valence-electron chi connectivity index (χ1n) is 6.08. The van der Waals surface area contributed by atoms with Crippen LogP contribution in [0, 0.1) is 10.1 Å². The Hall–Kier alpha value is -2.64. The zero-order chi connectivity index (χ0) is 17.1. The number of non-ortho nitro benzene ring substituents is 1. The second-order valence-corrected chi connectivity index (χ2v) is 5.16. The van der Waals surface area contributed by atoms with Gasteiger partial charge in [0.15, 0.2) is 0 Å². The monoisotopic (exact) mass is 354 g/mol. The standard InChI is InChI=1S/C14H8Cl2N2O5/c15-10-5-7(18(22)23)6-11(16)12(10)17-13(19)8-3-1-2-4-9(8)14(20)21/h1-6H,(H,17,19)(H,20,21). The fourth-order valence-electron chi connectivity index (χ4n) is 1.83. The van der Waals surface area contributed by atoms with E-state index in [9.17, 15) is 19.7 Å². The molecule has 0 heterocycles. The van der Waals surface area contributed by atoms with Gasteiger partial charge in [-0.3, -0.25) is 14.9 Å². The number of carbonyl (C=O) groups is 2. The first-order chi connectivity index (χ1) is 10.8. The molecule has 118 valence electrons. The Bertz CT molecular complexity index is 800. The molecule has 2 N–H and O–H groups in total. The van der Waals surface area contributed by atoms with Crippen molar-refractivity contribution >= 4 is 46.5 Å². The third-order valence-electron chi connectivity index (χ3n) is 2.88. The first-order valence-corrected chi connectivity index (χ1v) is 6.84. The van der Waals surface area contributed by atoms with Gasteiger partial charge in [0.25, 0.3) is 11.6 Å². The minimum atomic E-state index is -1.27. The van der Waals surface area contributed by atoms with Crippen LogP contribution in [0.25, 0.3) is 0 Å². The lowest BCUT2D eigenvalue weighted by molar-refractivity contribution is -0.384. The molecule has 2 rings (SSSR count). The molecule has 0 spiro atoms. The number of carboxylic acids is 1. The number of nitrogens with zero attached hydrogens (tertiary/aromatic N) is 1. The Kier molecular flexibility index (Phi) is 4.83. The summed E-state index contributed by atoms with van der Waals surface area (Å²) in [5.74, 6) is -2.02. The molecule has 0 aliphatic carbocycles. The largest absolute Gasteiger partial charge is 0.478 e. The van der Waals surface area contributed by atoms with Crippen molar-refractivity contribution in [1.29, 1.82) is 0 Å². The van der Waals surface area contributed by atoms with Gasteiger partial charge in [0.2, 0.25) is 0 Å². The number of halogens is 2. The molecular formula is C14H8Cl2N2O5. The number of aromatic carboxylic acids is 1. The second-order valence-electron chi connectivity index (χ2n) is 4.35. The topological polar surface area (TPSA) is 110 Å². The Labute approximate surface area is 139 Å². The molecule has 0 aliphatic heterocycles. The molecule has 0 atom stereocenters. The molecular weight excluding hydrogens is 347 g/mol. The SMILES string of the molecule is O=C(O)c1ccccc1C(=O)Nc1c(Cl)cc([N+](=O)[O-])cc1Cl. The van der Waals surface area contributed by atoms with Gasteiger partial charge in [0.05, 0.1) is 31.8 Å². The quantitative estimate of drug-likeness (QED) is 0.639. The normalized spacial score (nSPS) is 10.2. The maximum absolute atomic E-state index is 12.2. The second kappa shape index (κ2) is 6.64. The highest BCUT2D eigenvalue weighted by molar-refractivity contribution is 6.40. The van der Waals surface area contributed by atoms with Gasteiger partial charge in [-0.2, -0.15) is 0 Å². The summed E-state index contributed by atoms with van der Waals surface area (Å²) in [5.41, 5.74) is -0.655. The van der Waals surface area contributed by atoms with Gasteiger partial charge in [-0.1, -0.05) is 35.3 Å². The Morgan fingerprint density at radius 1 is 1.09 bits per heavy atom. The highest BCUT2D eigenvalue weighted by Gasteiger charge is 2.20. The van der Waals surface area contributed by atoms with Crippen LogP contribution < -0.4 is 5.32 Å².